The summed E-state index contributed by atoms with van der Waals surface area (Å²) < 4.78 is 0. The summed E-state index contributed by atoms with van der Waals surface area (Å²) in [5.41, 5.74) is 0.402. The molecule has 132 valence electrons. The third kappa shape index (κ3) is 3.90. The van der Waals surface area contributed by atoms with Crippen molar-refractivity contribution in [2.24, 2.45) is 5.92 Å². The van der Waals surface area contributed by atoms with Crippen molar-refractivity contribution in [1.82, 2.24) is 14.7 Å². The Balaban J connectivity index is 1.53. The highest BCUT2D eigenvalue weighted by Gasteiger charge is 2.43. The van der Waals surface area contributed by atoms with Crippen molar-refractivity contribution in [2.75, 3.05) is 46.8 Å². The number of amides is 1. The minimum atomic E-state index is 0.339. The van der Waals surface area contributed by atoms with Crippen LogP contribution >= 0.6 is 0 Å². The third-order valence-corrected chi connectivity index (χ3v) is 6.52. The molecule has 2 aliphatic heterocycles. The SMILES string of the molecule is CN(C)CCN1CCCC12CCN(C(=O)C1CCCCC1)CC2. The third-order valence-electron chi connectivity index (χ3n) is 6.52. The predicted octanol–water partition coefficient (Wildman–Crippen LogP) is 2.59. The van der Waals surface area contributed by atoms with Gasteiger partial charge in [-0.2, -0.15) is 0 Å². The highest BCUT2D eigenvalue weighted by molar-refractivity contribution is 5.79. The van der Waals surface area contributed by atoms with Gasteiger partial charge in [-0.1, -0.05) is 19.3 Å². The van der Waals surface area contributed by atoms with Crippen LogP contribution in [0.25, 0.3) is 0 Å². The van der Waals surface area contributed by atoms with Gasteiger partial charge in [-0.3, -0.25) is 9.69 Å². The van der Waals surface area contributed by atoms with E-state index in [4.69, 9.17) is 0 Å². The molecule has 0 atom stereocenters. The second-order valence-corrected chi connectivity index (χ2v) is 8.28. The maximum absolute atomic E-state index is 12.8. The molecule has 0 aromatic heterocycles. The summed E-state index contributed by atoms with van der Waals surface area (Å²) in [7, 11) is 4.32. The Morgan fingerprint density at radius 1 is 1.00 bits per heavy atom. The summed E-state index contributed by atoms with van der Waals surface area (Å²) in [6, 6.07) is 0. The lowest BCUT2D eigenvalue weighted by molar-refractivity contribution is -0.139. The molecule has 2 saturated heterocycles. The van der Waals surface area contributed by atoms with Gasteiger partial charge >= 0.3 is 0 Å². The van der Waals surface area contributed by atoms with Gasteiger partial charge in [0.1, 0.15) is 0 Å². The molecule has 3 fully saturated rings. The van der Waals surface area contributed by atoms with Crippen molar-refractivity contribution < 1.29 is 4.79 Å². The van der Waals surface area contributed by atoms with Crippen LogP contribution in [0, 0.1) is 5.92 Å². The molecule has 0 bridgehead atoms. The number of rotatable bonds is 4. The van der Waals surface area contributed by atoms with Crippen LogP contribution in [0.2, 0.25) is 0 Å². The van der Waals surface area contributed by atoms with E-state index >= 15 is 0 Å². The zero-order valence-electron chi connectivity index (χ0n) is 15.2. The fourth-order valence-corrected chi connectivity index (χ4v) is 4.98. The van der Waals surface area contributed by atoms with Gasteiger partial charge < -0.3 is 9.80 Å². The summed E-state index contributed by atoms with van der Waals surface area (Å²) in [6.07, 6.45) is 11.2. The molecule has 0 radical (unpaired) electrons. The Bertz CT molecular complexity index is 395. The van der Waals surface area contributed by atoms with Gasteiger partial charge in [0.05, 0.1) is 0 Å². The maximum Gasteiger partial charge on any atom is 0.225 e. The van der Waals surface area contributed by atoms with Crippen LogP contribution in [0.5, 0.6) is 0 Å². The number of likely N-dealkylation sites (N-methyl/N-ethyl adjacent to an activating group) is 1. The number of hydrogen-bond acceptors (Lipinski definition) is 3. The normalized spacial score (nSPS) is 26.3. The summed E-state index contributed by atoms with van der Waals surface area (Å²) >= 11 is 0. The monoisotopic (exact) mass is 321 g/mol. The zero-order valence-corrected chi connectivity index (χ0v) is 15.2. The van der Waals surface area contributed by atoms with Crippen LogP contribution in [0.4, 0.5) is 0 Å². The molecule has 2 heterocycles. The average Bonchev–Trinajstić information content (AvgIpc) is 2.96. The molecule has 3 aliphatic rings. The van der Waals surface area contributed by atoms with E-state index in [1.165, 1.54) is 58.0 Å². The maximum atomic E-state index is 12.8. The predicted molar refractivity (Wildman–Crippen MR) is 94.5 cm³/mol. The molecule has 23 heavy (non-hydrogen) atoms. The number of hydrogen-bond donors (Lipinski definition) is 0. The number of likely N-dealkylation sites (tertiary alicyclic amines) is 2. The second-order valence-electron chi connectivity index (χ2n) is 8.28. The van der Waals surface area contributed by atoms with Crippen LogP contribution in [0.15, 0.2) is 0 Å². The fourth-order valence-electron chi connectivity index (χ4n) is 4.98. The van der Waals surface area contributed by atoms with Crippen molar-refractivity contribution in [3.8, 4) is 0 Å². The van der Waals surface area contributed by atoms with Gasteiger partial charge in [-0.25, -0.2) is 0 Å². The first-order valence-electron chi connectivity index (χ1n) is 9.79. The molecular formula is C19H35N3O. The van der Waals surface area contributed by atoms with Crippen molar-refractivity contribution in [3.63, 3.8) is 0 Å². The average molecular weight is 322 g/mol. The Hall–Kier alpha value is -0.610. The van der Waals surface area contributed by atoms with Crippen molar-refractivity contribution >= 4 is 5.91 Å². The lowest BCUT2D eigenvalue weighted by Crippen LogP contribution is -2.55. The van der Waals surface area contributed by atoms with Crippen LogP contribution in [0.1, 0.15) is 57.8 Å². The van der Waals surface area contributed by atoms with Crippen molar-refractivity contribution in [3.05, 3.63) is 0 Å². The summed E-state index contributed by atoms with van der Waals surface area (Å²) in [5.74, 6) is 0.809. The largest absolute Gasteiger partial charge is 0.342 e. The molecule has 0 aromatic rings. The highest BCUT2D eigenvalue weighted by atomic mass is 16.2. The second kappa shape index (κ2) is 7.52. The molecule has 0 unspecified atom stereocenters. The van der Waals surface area contributed by atoms with E-state index in [1.807, 2.05) is 0 Å². The fraction of sp³-hybridized carbons (Fsp3) is 0.947. The van der Waals surface area contributed by atoms with E-state index in [0.717, 1.165) is 32.5 Å². The van der Waals surface area contributed by atoms with Crippen molar-refractivity contribution in [1.29, 1.82) is 0 Å². The first kappa shape index (κ1) is 17.2. The Morgan fingerprint density at radius 3 is 2.35 bits per heavy atom. The van der Waals surface area contributed by atoms with Gasteiger partial charge in [-0.05, 0) is 59.2 Å². The molecule has 1 spiro atoms. The summed E-state index contributed by atoms with van der Waals surface area (Å²) in [6.45, 7) is 5.57. The van der Waals surface area contributed by atoms with E-state index < -0.39 is 0 Å². The molecule has 0 aromatic carbocycles. The Morgan fingerprint density at radius 2 is 1.70 bits per heavy atom. The molecule has 4 heteroatoms. The summed E-state index contributed by atoms with van der Waals surface area (Å²) in [4.78, 5) is 20.0. The molecule has 1 saturated carbocycles. The van der Waals surface area contributed by atoms with E-state index in [0.29, 0.717) is 17.4 Å². The smallest absolute Gasteiger partial charge is 0.225 e. The lowest BCUT2D eigenvalue weighted by Gasteiger charge is -2.46. The molecule has 3 rings (SSSR count). The minimum absolute atomic E-state index is 0.339. The van der Waals surface area contributed by atoms with Crippen LogP contribution in [-0.2, 0) is 4.79 Å². The molecule has 4 nitrogen and oxygen atoms in total. The number of piperidine rings is 1. The van der Waals surface area contributed by atoms with E-state index in [1.54, 1.807) is 0 Å². The van der Waals surface area contributed by atoms with Crippen LogP contribution < -0.4 is 0 Å². The Labute approximate surface area is 142 Å². The molecule has 1 amide bonds. The van der Waals surface area contributed by atoms with Gasteiger partial charge in [0, 0.05) is 37.6 Å². The van der Waals surface area contributed by atoms with Gasteiger partial charge in [0.15, 0.2) is 0 Å². The topological polar surface area (TPSA) is 26.8 Å². The number of carbonyl (C=O) groups is 1. The van der Waals surface area contributed by atoms with E-state index in [-0.39, 0.29) is 0 Å². The van der Waals surface area contributed by atoms with Gasteiger partial charge in [0.2, 0.25) is 5.91 Å². The quantitative estimate of drug-likeness (QED) is 0.796. The molecule has 1 aliphatic carbocycles. The zero-order chi connectivity index (χ0) is 16.3. The van der Waals surface area contributed by atoms with E-state index in [2.05, 4.69) is 28.8 Å². The molecule has 0 N–H and O–H groups in total. The Kier molecular flexibility index (Phi) is 5.63. The number of nitrogens with zero attached hydrogens (tertiary/aromatic N) is 3. The minimum Gasteiger partial charge on any atom is -0.342 e. The number of carbonyl (C=O) groups excluding carboxylic acids is 1. The van der Waals surface area contributed by atoms with Crippen molar-refractivity contribution in [2.45, 2.75) is 63.3 Å². The standard InChI is InChI=1S/C19H35N3O/c1-20(2)15-16-22-12-6-9-19(22)10-13-21(14-11-19)18(23)17-7-4-3-5-8-17/h17H,3-16H2,1-2H3. The van der Waals surface area contributed by atoms with Crippen LogP contribution in [-0.4, -0.2) is 73.0 Å². The highest BCUT2D eigenvalue weighted by Crippen LogP contribution is 2.39. The van der Waals surface area contributed by atoms with Gasteiger partial charge in [0.25, 0.3) is 0 Å². The first-order chi connectivity index (χ1) is 11.1. The summed E-state index contributed by atoms with van der Waals surface area (Å²) in [5, 5.41) is 0. The van der Waals surface area contributed by atoms with Gasteiger partial charge in [-0.15, -0.1) is 0 Å². The van der Waals surface area contributed by atoms with E-state index in [9.17, 15) is 4.79 Å². The molecular weight excluding hydrogens is 286 g/mol. The lowest BCUT2D eigenvalue weighted by atomic mass is 9.83. The first-order valence-corrected chi connectivity index (χ1v) is 9.79. The van der Waals surface area contributed by atoms with Crippen LogP contribution in [0.3, 0.4) is 0 Å².